The van der Waals surface area contributed by atoms with Crippen molar-refractivity contribution in [1.29, 1.82) is 0 Å². The van der Waals surface area contributed by atoms with Gasteiger partial charge >= 0.3 is 0 Å². The lowest BCUT2D eigenvalue weighted by Crippen LogP contribution is -2.52. The maximum absolute atomic E-state index is 13.0. The van der Waals surface area contributed by atoms with Crippen LogP contribution in [0.2, 0.25) is 0 Å². The molecule has 1 aliphatic heterocycles. The fourth-order valence-electron chi connectivity index (χ4n) is 3.30. The Labute approximate surface area is 154 Å². The molecule has 134 valence electrons. The van der Waals surface area contributed by atoms with Gasteiger partial charge in [-0.15, -0.1) is 11.3 Å². The van der Waals surface area contributed by atoms with Gasteiger partial charge in [-0.05, 0) is 25.8 Å². The molecule has 2 aromatic rings. The van der Waals surface area contributed by atoms with Crippen molar-refractivity contribution < 1.29 is 4.79 Å². The van der Waals surface area contributed by atoms with E-state index in [-0.39, 0.29) is 5.91 Å². The highest BCUT2D eigenvalue weighted by Gasteiger charge is 2.35. The van der Waals surface area contributed by atoms with E-state index in [1.165, 1.54) is 5.01 Å². The van der Waals surface area contributed by atoms with Gasteiger partial charge in [0.15, 0.2) is 0 Å². The number of hydrogen-bond donors (Lipinski definition) is 0. The topological polar surface area (TPSA) is 36.4 Å². The number of carbonyl (C=O) groups is 1. The van der Waals surface area contributed by atoms with E-state index in [9.17, 15) is 4.79 Å². The molecule has 0 bridgehead atoms. The largest absolute Gasteiger partial charge is 0.339 e. The predicted octanol–water partition coefficient (Wildman–Crippen LogP) is 3.33. The number of thiazole rings is 1. The Bertz CT molecular complexity index is 703. The van der Waals surface area contributed by atoms with Gasteiger partial charge in [-0.25, -0.2) is 4.98 Å². The molecule has 1 amide bonds. The van der Waals surface area contributed by atoms with E-state index in [1.54, 1.807) is 11.3 Å². The summed E-state index contributed by atoms with van der Waals surface area (Å²) < 4.78 is 0. The fourth-order valence-corrected chi connectivity index (χ4v) is 4.03. The van der Waals surface area contributed by atoms with Crippen molar-refractivity contribution in [3.05, 3.63) is 52.0 Å². The number of amides is 1. The highest BCUT2D eigenvalue weighted by atomic mass is 32.1. The van der Waals surface area contributed by atoms with Gasteiger partial charge in [0, 0.05) is 38.1 Å². The minimum Gasteiger partial charge on any atom is -0.339 e. The number of aryl methyl sites for hydroxylation is 1. The Morgan fingerprint density at radius 3 is 2.44 bits per heavy atom. The van der Waals surface area contributed by atoms with Gasteiger partial charge < -0.3 is 4.90 Å². The first-order valence-electron chi connectivity index (χ1n) is 9.01. The van der Waals surface area contributed by atoms with E-state index < -0.39 is 5.41 Å². The lowest BCUT2D eigenvalue weighted by Gasteiger charge is -2.38. The minimum absolute atomic E-state index is 0.222. The van der Waals surface area contributed by atoms with Crippen LogP contribution in [0.5, 0.6) is 0 Å². The van der Waals surface area contributed by atoms with Crippen molar-refractivity contribution in [2.45, 2.75) is 39.2 Å². The van der Waals surface area contributed by atoms with Crippen molar-refractivity contribution in [1.82, 2.24) is 14.8 Å². The highest BCUT2D eigenvalue weighted by molar-refractivity contribution is 7.09. The molecule has 0 spiro atoms. The van der Waals surface area contributed by atoms with E-state index >= 15 is 0 Å². The molecule has 1 fully saturated rings. The summed E-state index contributed by atoms with van der Waals surface area (Å²) in [6.07, 6.45) is 1.00. The van der Waals surface area contributed by atoms with Crippen LogP contribution in [0, 0.1) is 0 Å². The van der Waals surface area contributed by atoms with Gasteiger partial charge in [0.25, 0.3) is 0 Å². The van der Waals surface area contributed by atoms with E-state index in [0.717, 1.165) is 50.4 Å². The molecule has 0 atom stereocenters. The van der Waals surface area contributed by atoms with Gasteiger partial charge in [-0.3, -0.25) is 9.69 Å². The maximum Gasteiger partial charge on any atom is 0.232 e. The molecule has 4 nitrogen and oxygen atoms in total. The molecular weight excluding hydrogens is 330 g/mol. The highest BCUT2D eigenvalue weighted by Crippen LogP contribution is 2.26. The van der Waals surface area contributed by atoms with Crippen LogP contribution in [-0.2, 0) is 23.2 Å². The molecule has 1 aromatic carbocycles. The van der Waals surface area contributed by atoms with E-state index in [0.29, 0.717) is 0 Å². The Morgan fingerprint density at radius 1 is 1.16 bits per heavy atom. The van der Waals surface area contributed by atoms with Crippen LogP contribution < -0.4 is 0 Å². The molecule has 1 saturated heterocycles. The van der Waals surface area contributed by atoms with Crippen LogP contribution in [0.1, 0.15) is 37.0 Å². The van der Waals surface area contributed by atoms with Crippen LogP contribution in [0.4, 0.5) is 0 Å². The SMILES string of the molecule is CCc1nc(CN2CCN(C(=O)C(C)(C)c3ccccc3)CC2)cs1. The Kier molecular flexibility index (Phi) is 5.54. The van der Waals surface area contributed by atoms with Gasteiger partial charge in [-0.1, -0.05) is 37.3 Å². The Morgan fingerprint density at radius 2 is 1.84 bits per heavy atom. The standard InChI is InChI=1S/C20H27N3OS/c1-4-18-21-17(15-25-18)14-22-10-12-23(13-11-22)19(24)20(2,3)16-8-6-5-7-9-16/h5-9,15H,4,10-14H2,1-3H3. The molecule has 0 radical (unpaired) electrons. The second kappa shape index (κ2) is 7.67. The zero-order valence-corrected chi connectivity index (χ0v) is 16.2. The molecule has 0 N–H and O–H groups in total. The van der Waals surface area contributed by atoms with Crippen molar-refractivity contribution in [2.75, 3.05) is 26.2 Å². The quantitative estimate of drug-likeness (QED) is 0.824. The molecule has 3 rings (SSSR count). The van der Waals surface area contributed by atoms with Gasteiger partial charge in [0.1, 0.15) is 0 Å². The second-order valence-corrected chi connectivity index (χ2v) is 8.09. The van der Waals surface area contributed by atoms with Crippen LogP contribution in [0.15, 0.2) is 35.7 Å². The summed E-state index contributed by atoms with van der Waals surface area (Å²) >= 11 is 1.74. The van der Waals surface area contributed by atoms with Crippen molar-refractivity contribution in [2.24, 2.45) is 0 Å². The number of rotatable bonds is 5. The number of hydrogen-bond acceptors (Lipinski definition) is 4. The second-order valence-electron chi connectivity index (χ2n) is 7.15. The minimum atomic E-state index is -0.478. The van der Waals surface area contributed by atoms with Crippen LogP contribution >= 0.6 is 11.3 Å². The molecule has 2 heterocycles. The summed E-state index contributed by atoms with van der Waals surface area (Å²) in [6, 6.07) is 10.1. The molecule has 1 aromatic heterocycles. The summed E-state index contributed by atoms with van der Waals surface area (Å²) in [5.74, 6) is 0.222. The summed E-state index contributed by atoms with van der Waals surface area (Å²) in [4.78, 5) is 22.1. The lowest BCUT2D eigenvalue weighted by molar-refractivity contribution is -0.138. The Hall–Kier alpha value is -1.72. The van der Waals surface area contributed by atoms with Gasteiger partial charge in [0.05, 0.1) is 16.1 Å². The molecule has 0 aliphatic carbocycles. The summed E-state index contributed by atoms with van der Waals surface area (Å²) in [5, 5.41) is 3.36. The molecule has 1 aliphatic rings. The van der Waals surface area contributed by atoms with Crippen LogP contribution in [0.25, 0.3) is 0 Å². The predicted molar refractivity (Wildman–Crippen MR) is 103 cm³/mol. The number of aromatic nitrogens is 1. The third-order valence-corrected chi connectivity index (χ3v) is 6.02. The van der Waals surface area contributed by atoms with Crippen molar-refractivity contribution in [3.63, 3.8) is 0 Å². The third kappa shape index (κ3) is 4.10. The first-order valence-corrected chi connectivity index (χ1v) is 9.89. The van der Waals surface area contributed by atoms with Crippen molar-refractivity contribution >= 4 is 17.2 Å². The fraction of sp³-hybridized carbons (Fsp3) is 0.500. The van der Waals surface area contributed by atoms with Crippen molar-refractivity contribution in [3.8, 4) is 0 Å². The normalized spacial score (nSPS) is 16.2. The Balaban J connectivity index is 1.57. The van der Waals surface area contributed by atoms with Gasteiger partial charge in [0.2, 0.25) is 5.91 Å². The van der Waals surface area contributed by atoms with E-state index in [2.05, 4.69) is 22.2 Å². The summed E-state index contributed by atoms with van der Waals surface area (Å²) in [6.45, 7) is 10.5. The average Bonchev–Trinajstić information content (AvgIpc) is 3.10. The zero-order valence-electron chi connectivity index (χ0n) is 15.4. The first kappa shape index (κ1) is 18.1. The average molecular weight is 358 g/mol. The number of nitrogens with zero attached hydrogens (tertiary/aromatic N) is 3. The molecule has 0 saturated carbocycles. The zero-order chi connectivity index (χ0) is 17.9. The monoisotopic (exact) mass is 357 g/mol. The molecular formula is C20H27N3OS. The molecule has 5 heteroatoms. The smallest absolute Gasteiger partial charge is 0.232 e. The third-order valence-electron chi connectivity index (χ3n) is 4.98. The summed E-state index contributed by atoms with van der Waals surface area (Å²) in [5.41, 5.74) is 1.76. The molecule has 25 heavy (non-hydrogen) atoms. The van der Waals surface area contributed by atoms with Crippen LogP contribution in [0.3, 0.4) is 0 Å². The number of benzene rings is 1. The molecule has 0 unspecified atom stereocenters. The van der Waals surface area contributed by atoms with Gasteiger partial charge in [-0.2, -0.15) is 0 Å². The van der Waals surface area contributed by atoms with E-state index in [4.69, 9.17) is 0 Å². The number of piperazine rings is 1. The van der Waals surface area contributed by atoms with E-state index in [1.807, 2.05) is 49.1 Å². The first-order chi connectivity index (χ1) is 12.0. The van der Waals surface area contributed by atoms with Crippen LogP contribution in [-0.4, -0.2) is 46.9 Å². The lowest BCUT2D eigenvalue weighted by atomic mass is 9.83. The summed E-state index contributed by atoms with van der Waals surface area (Å²) in [7, 11) is 0. The maximum atomic E-state index is 13.0. The number of carbonyl (C=O) groups excluding carboxylic acids is 1.